The number of carbonyl (C=O) groups is 2. The molecule has 1 aromatic rings. The van der Waals surface area contributed by atoms with Gasteiger partial charge >= 0.3 is 0 Å². The summed E-state index contributed by atoms with van der Waals surface area (Å²) in [5, 5.41) is 2.96. The number of hydrogen-bond donors (Lipinski definition) is 1. The predicted molar refractivity (Wildman–Crippen MR) is 91.0 cm³/mol. The first-order valence-electron chi connectivity index (χ1n) is 7.75. The van der Waals surface area contributed by atoms with E-state index in [1.807, 2.05) is 6.92 Å². The van der Waals surface area contributed by atoms with Crippen LogP contribution in [0, 0.1) is 5.92 Å². The van der Waals surface area contributed by atoms with E-state index in [1.54, 1.807) is 4.90 Å². The van der Waals surface area contributed by atoms with Crippen LogP contribution in [0.15, 0.2) is 24.3 Å². The quantitative estimate of drug-likeness (QED) is 0.875. The van der Waals surface area contributed by atoms with E-state index in [0.29, 0.717) is 12.5 Å². The molecule has 1 heterocycles. The number of nitrogens with zero attached hydrogens (tertiary/aromatic N) is 1. The number of nitrogens with one attached hydrogen (secondary N) is 1. The van der Waals surface area contributed by atoms with Gasteiger partial charge in [-0.25, -0.2) is 0 Å². The Morgan fingerprint density at radius 3 is 2.50 bits per heavy atom. The summed E-state index contributed by atoms with van der Waals surface area (Å²) in [7, 11) is 0. The van der Waals surface area contributed by atoms with Crippen LogP contribution in [-0.2, 0) is 11.2 Å². The molecule has 1 aromatic carbocycles. The lowest BCUT2D eigenvalue weighted by Gasteiger charge is -2.18. The average Bonchev–Trinajstić information content (AvgIpc) is 2.84. The highest BCUT2D eigenvalue weighted by Crippen LogP contribution is 2.18. The van der Waals surface area contributed by atoms with Gasteiger partial charge < -0.3 is 10.2 Å². The van der Waals surface area contributed by atoms with E-state index < -0.39 is 0 Å². The Hall–Kier alpha value is -1.49. The fraction of sp³-hybridized carbons (Fsp3) is 0.529. The molecular formula is C17H24N2O2S. The molecule has 22 heavy (non-hydrogen) atoms. The minimum absolute atomic E-state index is 0.000779. The van der Waals surface area contributed by atoms with Crippen molar-refractivity contribution in [2.45, 2.75) is 33.2 Å². The van der Waals surface area contributed by atoms with Crippen molar-refractivity contribution < 1.29 is 9.59 Å². The third kappa shape index (κ3) is 4.77. The highest BCUT2D eigenvalue weighted by molar-refractivity contribution is 8.13. The molecule has 0 spiro atoms. The lowest BCUT2D eigenvalue weighted by Crippen LogP contribution is -2.38. The summed E-state index contributed by atoms with van der Waals surface area (Å²) in [4.78, 5) is 25.1. The topological polar surface area (TPSA) is 49.4 Å². The van der Waals surface area contributed by atoms with Crippen LogP contribution in [0.4, 0.5) is 4.79 Å². The van der Waals surface area contributed by atoms with Crippen molar-refractivity contribution in [3.63, 3.8) is 0 Å². The van der Waals surface area contributed by atoms with Gasteiger partial charge in [0.25, 0.3) is 5.24 Å². The first-order chi connectivity index (χ1) is 10.5. The van der Waals surface area contributed by atoms with Gasteiger partial charge in [-0.3, -0.25) is 9.59 Å². The summed E-state index contributed by atoms with van der Waals surface area (Å²) in [5.41, 5.74) is 2.40. The second-order valence-corrected chi connectivity index (χ2v) is 7.21. The summed E-state index contributed by atoms with van der Waals surface area (Å²) in [6.07, 6.45) is 1.07. The molecule has 1 aliphatic rings. The Kier molecular flexibility index (Phi) is 5.89. The lowest BCUT2D eigenvalue weighted by molar-refractivity contribution is -0.122. The number of rotatable bonds is 6. The van der Waals surface area contributed by atoms with E-state index in [9.17, 15) is 9.59 Å². The molecule has 120 valence electrons. The molecule has 2 amide bonds. The Balaban J connectivity index is 1.86. The summed E-state index contributed by atoms with van der Waals surface area (Å²) in [6.45, 7) is 7.19. The molecule has 1 saturated heterocycles. The minimum atomic E-state index is -0.102. The number of hydrogen-bond acceptors (Lipinski definition) is 3. The van der Waals surface area contributed by atoms with Crippen molar-refractivity contribution in [2.24, 2.45) is 5.92 Å². The summed E-state index contributed by atoms with van der Waals surface area (Å²) < 4.78 is 0. The number of thioether (sulfide) groups is 1. The third-order valence-electron chi connectivity index (χ3n) is 3.68. The van der Waals surface area contributed by atoms with Gasteiger partial charge in [-0.15, -0.1) is 0 Å². The minimum Gasteiger partial charge on any atom is -0.348 e. The Labute approximate surface area is 136 Å². The van der Waals surface area contributed by atoms with Gasteiger partial charge in [0, 0.05) is 12.3 Å². The molecule has 0 bridgehead atoms. The second-order valence-electron chi connectivity index (χ2n) is 6.16. The monoisotopic (exact) mass is 320 g/mol. The summed E-state index contributed by atoms with van der Waals surface area (Å²) in [6, 6.07) is 8.34. The van der Waals surface area contributed by atoms with E-state index in [0.717, 1.165) is 17.7 Å². The molecule has 0 radical (unpaired) electrons. The molecule has 2 rings (SSSR count). The number of carbonyl (C=O) groups excluding carboxylic acids is 2. The van der Waals surface area contributed by atoms with Gasteiger partial charge in [0.2, 0.25) is 5.91 Å². The van der Waals surface area contributed by atoms with Crippen molar-refractivity contribution >= 4 is 22.9 Å². The van der Waals surface area contributed by atoms with Crippen LogP contribution < -0.4 is 5.32 Å². The van der Waals surface area contributed by atoms with Crippen molar-refractivity contribution in [1.29, 1.82) is 0 Å². The molecule has 0 aliphatic carbocycles. The first-order valence-corrected chi connectivity index (χ1v) is 8.74. The summed E-state index contributed by atoms with van der Waals surface area (Å²) >= 11 is 1.28. The van der Waals surface area contributed by atoms with Gasteiger partial charge in [-0.1, -0.05) is 49.9 Å². The molecule has 1 fully saturated rings. The Morgan fingerprint density at radius 1 is 1.27 bits per heavy atom. The first kappa shape index (κ1) is 16.9. The molecule has 1 N–H and O–H groups in total. The van der Waals surface area contributed by atoms with E-state index in [-0.39, 0.29) is 23.7 Å². The maximum Gasteiger partial charge on any atom is 0.282 e. The maximum atomic E-state index is 12.0. The zero-order valence-corrected chi connectivity index (χ0v) is 14.3. The maximum absolute atomic E-state index is 12.0. The van der Waals surface area contributed by atoms with E-state index >= 15 is 0 Å². The standard InChI is InChI=1S/C17H24N2O2S/c1-12(2)10-14-4-6-15(7-5-14)13(3)18-16(20)11-19-8-9-22-17(19)21/h4-7,12-13H,8-11H2,1-3H3,(H,18,20)/t13-/m0/s1. The van der Waals surface area contributed by atoms with Gasteiger partial charge in [-0.2, -0.15) is 0 Å². The SMILES string of the molecule is CC(C)Cc1ccc([C@H](C)NC(=O)CN2CCSC2=O)cc1. The van der Waals surface area contributed by atoms with Gasteiger partial charge in [0.15, 0.2) is 0 Å². The van der Waals surface area contributed by atoms with Crippen LogP contribution in [-0.4, -0.2) is 34.9 Å². The predicted octanol–water partition coefficient (Wildman–Crippen LogP) is 3.23. The Morgan fingerprint density at radius 2 is 1.95 bits per heavy atom. The molecule has 1 aliphatic heterocycles. The van der Waals surface area contributed by atoms with Crippen molar-refractivity contribution in [3.05, 3.63) is 35.4 Å². The van der Waals surface area contributed by atoms with Gasteiger partial charge in [-0.05, 0) is 30.4 Å². The molecule has 0 saturated carbocycles. The van der Waals surface area contributed by atoms with Gasteiger partial charge in [0.05, 0.1) is 6.04 Å². The molecule has 0 unspecified atom stereocenters. The van der Waals surface area contributed by atoms with Crippen molar-refractivity contribution in [3.8, 4) is 0 Å². The molecule has 5 heteroatoms. The zero-order chi connectivity index (χ0) is 16.1. The van der Waals surface area contributed by atoms with Crippen molar-refractivity contribution in [1.82, 2.24) is 10.2 Å². The van der Waals surface area contributed by atoms with Crippen LogP contribution in [0.2, 0.25) is 0 Å². The second kappa shape index (κ2) is 7.68. The van der Waals surface area contributed by atoms with E-state index in [4.69, 9.17) is 0 Å². The van der Waals surface area contributed by atoms with Crippen LogP contribution in [0.5, 0.6) is 0 Å². The summed E-state index contributed by atoms with van der Waals surface area (Å²) in [5.74, 6) is 1.31. The van der Waals surface area contributed by atoms with Crippen LogP contribution in [0.25, 0.3) is 0 Å². The zero-order valence-electron chi connectivity index (χ0n) is 13.5. The van der Waals surface area contributed by atoms with E-state index in [2.05, 4.69) is 43.4 Å². The number of benzene rings is 1. The van der Waals surface area contributed by atoms with Gasteiger partial charge in [0.1, 0.15) is 6.54 Å². The average molecular weight is 320 g/mol. The third-order valence-corrected chi connectivity index (χ3v) is 4.57. The van der Waals surface area contributed by atoms with Crippen molar-refractivity contribution in [2.75, 3.05) is 18.8 Å². The fourth-order valence-corrected chi connectivity index (χ4v) is 3.35. The van der Waals surface area contributed by atoms with Crippen LogP contribution >= 0.6 is 11.8 Å². The van der Waals surface area contributed by atoms with E-state index in [1.165, 1.54) is 17.3 Å². The molecule has 4 nitrogen and oxygen atoms in total. The smallest absolute Gasteiger partial charge is 0.282 e. The normalized spacial score (nSPS) is 16.2. The number of amides is 2. The van der Waals surface area contributed by atoms with Crippen LogP contribution in [0.1, 0.15) is 37.9 Å². The largest absolute Gasteiger partial charge is 0.348 e. The molecule has 1 atom stereocenters. The molecule has 0 aromatic heterocycles. The molecular weight excluding hydrogens is 296 g/mol. The Bertz CT molecular complexity index is 528. The van der Waals surface area contributed by atoms with Crippen LogP contribution in [0.3, 0.4) is 0 Å². The highest BCUT2D eigenvalue weighted by Gasteiger charge is 2.23. The fourth-order valence-electron chi connectivity index (χ4n) is 2.53. The lowest BCUT2D eigenvalue weighted by atomic mass is 10.00. The highest BCUT2D eigenvalue weighted by atomic mass is 32.2.